The standard InChI is InChI=1S/C22H26N2O5/c1-15-4-7-18(8-5-15)29-16(2)21(25)23-20-9-6-17(14-19(20)22(26)27-3)24-10-12-28-13-11-24/h4-9,14,16H,10-13H2,1-3H3,(H,23,25)/t16-/m1/s1. The van der Waals surface area contributed by atoms with Crippen molar-refractivity contribution in [2.45, 2.75) is 20.0 Å². The van der Waals surface area contributed by atoms with Crippen LogP contribution >= 0.6 is 0 Å². The number of nitrogens with zero attached hydrogens (tertiary/aromatic N) is 1. The van der Waals surface area contributed by atoms with Gasteiger partial charge in [0.05, 0.1) is 31.6 Å². The average Bonchev–Trinajstić information content (AvgIpc) is 2.75. The molecule has 1 atom stereocenters. The number of morpholine rings is 1. The van der Waals surface area contributed by atoms with Gasteiger partial charge in [0.1, 0.15) is 5.75 Å². The maximum absolute atomic E-state index is 12.6. The van der Waals surface area contributed by atoms with E-state index in [0.717, 1.165) is 24.3 Å². The van der Waals surface area contributed by atoms with Crippen molar-refractivity contribution in [1.82, 2.24) is 0 Å². The number of nitrogens with one attached hydrogen (secondary N) is 1. The van der Waals surface area contributed by atoms with Gasteiger partial charge in [0, 0.05) is 18.8 Å². The summed E-state index contributed by atoms with van der Waals surface area (Å²) in [6.45, 7) is 6.41. The van der Waals surface area contributed by atoms with Gasteiger partial charge in [-0.3, -0.25) is 4.79 Å². The summed E-state index contributed by atoms with van der Waals surface area (Å²) in [6.07, 6.45) is -0.734. The first-order chi connectivity index (χ1) is 14.0. The molecule has 0 bridgehead atoms. The highest BCUT2D eigenvalue weighted by Crippen LogP contribution is 2.25. The number of carbonyl (C=O) groups is 2. The molecule has 1 saturated heterocycles. The Labute approximate surface area is 170 Å². The molecule has 2 aromatic rings. The fourth-order valence-corrected chi connectivity index (χ4v) is 3.05. The fraction of sp³-hybridized carbons (Fsp3) is 0.364. The van der Waals surface area contributed by atoms with Crippen LogP contribution in [0.3, 0.4) is 0 Å². The number of aryl methyl sites for hydroxylation is 1. The summed E-state index contributed by atoms with van der Waals surface area (Å²) in [5, 5.41) is 2.78. The van der Waals surface area contributed by atoms with Crippen molar-refractivity contribution in [2.24, 2.45) is 0 Å². The van der Waals surface area contributed by atoms with Crippen molar-refractivity contribution >= 4 is 23.3 Å². The van der Waals surface area contributed by atoms with Crippen LogP contribution in [-0.2, 0) is 14.3 Å². The minimum atomic E-state index is -0.734. The maximum Gasteiger partial charge on any atom is 0.340 e. The highest BCUT2D eigenvalue weighted by molar-refractivity contribution is 6.03. The Balaban J connectivity index is 1.74. The lowest BCUT2D eigenvalue weighted by atomic mass is 10.1. The van der Waals surface area contributed by atoms with E-state index in [1.807, 2.05) is 37.3 Å². The van der Waals surface area contributed by atoms with Gasteiger partial charge >= 0.3 is 5.97 Å². The van der Waals surface area contributed by atoms with Crippen LogP contribution in [0.15, 0.2) is 42.5 Å². The lowest BCUT2D eigenvalue weighted by molar-refractivity contribution is -0.122. The van der Waals surface area contributed by atoms with Crippen LogP contribution in [0.25, 0.3) is 0 Å². The molecule has 0 radical (unpaired) electrons. The summed E-state index contributed by atoms with van der Waals surface area (Å²) < 4.78 is 16.0. The van der Waals surface area contributed by atoms with E-state index in [1.165, 1.54) is 7.11 Å². The normalized spacial score (nSPS) is 14.8. The van der Waals surface area contributed by atoms with Gasteiger partial charge in [-0.05, 0) is 44.2 Å². The molecule has 1 aliphatic rings. The molecule has 0 spiro atoms. The Bertz CT molecular complexity index is 860. The number of anilines is 2. The highest BCUT2D eigenvalue weighted by Gasteiger charge is 2.21. The van der Waals surface area contributed by atoms with Gasteiger partial charge in [0.25, 0.3) is 5.91 Å². The topological polar surface area (TPSA) is 77.1 Å². The van der Waals surface area contributed by atoms with Crippen LogP contribution < -0.4 is 15.0 Å². The average molecular weight is 398 g/mol. The summed E-state index contributed by atoms with van der Waals surface area (Å²) in [5.74, 6) is -0.258. The largest absolute Gasteiger partial charge is 0.481 e. The summed E-state index contributed by atoms with van der Waals surface area (Å²) in [5.41, 5.74) is 2.68. The Morgan fingerprint density at radius 3 is 2.45 bits per heavy atom. The van der Waals surface area contributed by atoms with Crippen LogP contribution in [0.1, 0.15) is 22.8 Å². The molecule has 7 heteroatoms. The number of rotatable bonds is 6. The van der Waals surface area contributed by atoms with Gasteiger partial charge < -0.3 is 24.4 Å². The monoisotopic (exact) mass is 398 g/mol. The van der Waals surface area contributed by atoms with Gasteiger partial charge in [0.2, 0.25) is 0 Å². The summed E-state index contributed by atoms with van der Waals surface area (Å²) in [7, 11) is 1.32. The molecule has 0 aromatic heterocycles. The zero-order valence-corrected chi connectivity index (χ0v) is 16.9. The zero-order valence-electron chi connectivity index (χ0n) is 16.9. The van der Waals surface area contributed by atoms with Crippen LogP contribution in [-0.4, -0.2) is 51.4 Å². The van der Waals surface area contributed by atoms with Gasteiger partial charge in [-0.25, -0.2) is 4.79 Å². The minimum absolute atomic E-state index is 0.298. The van der Waals surface area contributed by atoms with E-state index in [2.05, 4.69) is 10.2 Å². The van der Waals surface area contributed by atoms with E-state index < -0.39 is 12.1 Å². The quantitative estimate of drug-likeness (QED) is 0.754. The molecule has 0 unspecified atom stereocenters. The highest BCUT2D eigenvalue weighted by atomic mass is 16.5. The number of carbonyl (C=O) groups excluding carboxylic acids is 2. The van der Waals surface area contributed by atoms with Crippen molar-refractivity contribution < 1.29 is 23.8 Å². The Morgan fingerprint density at radius 2 is 1.79 bits per heavy atom. The third kappa shape index (κ3) is 5.26. The lowest BCUT2D eigenvalue weighted by Crippen LogP contribution is -2.36. The predicted molar refractivity (Wildman–Crippen MR) is 111 cm³/mol. The zero-order chi connectivity index (χ0) is 20.8. The minimum Gasteiger partial charge on any atom is -0.481 e. The molecule has 154 valence electrons. The molecular weight excluding hydrogens is 372 g/mol. The van der Waals surface area contributed by atoms with Gasteiger partial charge in [-0.1, -0.05) is 17.7 Å². The van der Waals surface area contributed by atoms with Gasteiger partial charge in [-0.2, -0.15) is 0 Å². The van der Waals surface area contributed by atoms with Crippen LogP contribution in [0.2, 0.25) is 0 Å². The van der Waals surface area contributed by atoms with Crippen molar-refractivity contribution in [3.05, 3.63) is 53.6 Å². The fourth-order valence-electron chi connectivity index (χ4n) is 3.05. The van der Waals surface area contributed by atoms with E-state index in [-0.39, 0.29) is 5.91 Å². The molecule has 1 heterocycles. The first-order valence-electron chi connectivity index (χ1n) is 9.57. The number of amides is 1. The third-order valence-electron chi connectivity index (χ3n) is 4.75. The lowest BCUT2D eigenvalue weighted by Gasteiger charge is -2.29. The van der Waals surface area contributed by atoms with Crippen LogP contribution in [0.4, 0.5) is 11.4 Å². The van der Waals surface area contributed by atoms with Crippen molar-refractivity contribution in [1.29, 1.82) is 0 Å². The molecular formula is C22H26N2O5. The summed E-state index contributed by atoms with van der Waals surface area (Å²) in [4.78, 5) is 27.0. The Hall–Kier alpha value is -3.06. The van der Waals surface area contributed by atoms with Gasteiger partial charge in [0.15, 0.2) is 6.10 Å². The molecule has 1 fully saturated rings. The maximum atomic E-state index is 12.6. The summed E-state index contributed by atoms with van der Waals surface area (Å²) >= 11 is 0. The molecule has 1 aliphatic heterocycles. The van der Waals surface area contributed by atoms with Gasteiger partial charge in [-0.15, -0.1) is 0 Å². The second-order valence-corrected chi connectivity index (χ2v) is 6.88. The van der Waals surface area contributed by atoms with Crippen molar-refractivity contribution in [2.75, 3.05) is 43.6 Å². The Morgan fingerprint density at radius 1 is 1.10 bits per heavy atom. The third-order valence-corrected chi connectivity index (χ3v) is 4.75. The molecule has 0 saturated carbocycles. The first-order valence-corrected chi connectivity index (χ1v) is 9.57. The number of benzene rings is 2. The molecule has 1 N–H and O–H groups in total. The first kappa shape index (κ1) is 20.7. The molecule has 3 rings (SSSR count). The molecule has 1 amide bonds. The number of methoxy groups -OCH3 is 1. The molecule has 2 aromatic carbocycles. The second kappa shape index (κ2) is 9.43. The molecule has 29 heavy (non-hydrogen) atoms. The molecule has 7 nitrogen and oxygen atoms in total. The predicted octanol–water partition coefficient (Wildman–Crippen LogP) is 3.02. The van der Waals surface area contributed by atoms with E-state index in [4.69, 9.17) is 14.2 Å². The number of esters is 1. The van der Waals surface area contributed by atoms with E-state index in [1.54, 1.807) is 19.1 Å². The van der Waals surface area contributed by atoms with Crippen LogP contribution in [0.5, 0.6) is 5.75 Å². The van der Waals surface area contributed by atoms with Crippen molar-refractivity contribution in [3.63, 3.8) is 0 Å². The number of ether oxygens (including phenoxy) is 3. The van der Waals surface area contributed by atoms with E-state index in [0.29, 0.717) is 30.2 Å². The smallest absolute Gasteiger partial charge is 0.340 e. The number of hydrogen-bond acceptors (Lipinski definition) is 6. The second-order valence-electron chi connectivity index (χ2n) is 6.88. The number of hydrogen-bond donors (Lipinski definition) is 1. The van der Waals surface area contributed by atoms with E-state index >= 15 is 0 Å². The Kier molecular flexibility index (Phi) is 6.72. The summed E-state index contributed by atoms with van der Waals surface area (Å²) in [6, 6.07) is 12.8. The van der Waals surface area contributed by atoms with Crippen molar-refractivity contribution in [3.8, 4) is 5.75 Å². The van der Waals surface area contributed by atoms with E-state index in [9.17, 15) is 9.59 Å². The molecule has 0 aliphatic carbocycles. The van der Waals surface area contributed by atoms with Crippen LogP contribution in [0, 0.1) is 6.92 Å². The SMILES string of the molecule is COC(=O)c1cc(N2CCOCC2)ccc1NC(=O)[C@@H](C)Oc1ccc(C)cc1.